The third kappa shape index (κ3) is 2.71. The fourth-order valence-electron chi connectivity index (χ4n) is 3.84. The summed E-state index contributed by atoms with van der Waals surface area (Å²) in [5.74, 6) is 0.161. The van der Waals surface area contributed by atoms with Gasteiger partial charge < -0.3 is 10.2 Å². The molecule has 2 atom stereocenters. The maximum atomic E-state index is 13.0. The predicted molar refractivity (Wildman–Crippen MR) is 82.2 cm³/mol. The van der Waals surface area contributed by atoms with Crippen LogP contribution in [0.2, 0.25) is 0 Å². The molecule has 2 bridgehead atoms. The van der Waals surface area contributed by atoms with Crippen molar-refractivity contribution >= 4 is 5.91 Å². The van der Waals surface area contributed by atoms with E-state index >= 15 is 0 Å². The Kier molecular flexibility index (Phi) is 4.02. The number of aromatic nitrogens is 2. The first-order valence-electron chi connectivity index (χ1n) is 8.15. The Balaban J connectivity index is 1.80. The van der Waals surface area contributed by atoms with Crippen LogP contribution in [0.15, 0.2) is 6.20 Å². The van der Waals surface area contributed by atoms with E-state index in [4.69, 9.17) is 0 Å². The van der Waals surface area contributed by atoms with E-state index in [0.717, 1.165) is 37.1 Å². The first-order chi connectivity index (χ1) is 10.1. The molecular formula is C16H26N4O. The van der Waals surface area contributed by atoms with Gasteiger partial charge in [-0.1, -0.05) is 6.92 Å². The van der Waals surface area contributed by atoms with Crippen molar-refractivity contribution in [2.24, 2.45) is 7.05 Å². The highest BCUT2D eigenvalue weighted by molar-refractivity contribution is 5.95. The number of hydrogen-bond acceptors (Lipinski definition) is 3. The van der Waals surface area contributed by atoms with Gasteiger partial charge in [-0.2, -0.15) is 5.10 Å². The highest BCUT2D eigenvalue weighted by atomic mass is 16.2. The Morgan fingerprint density at radius 3 is 2.62 bits per heavy atom. The average Bonchev–Trinajstić information content (AvgIpc) is 2.98. The second-order valence-corrected chi connectivity index (χ2v) is 6.53. The van der Waals surface area contributed by atoms with Crippen LogP contribution < -0.4 is 5.32 Å². The lowest BCUT2D eigenvalue weighted by Gasteiger charge is -2.37. The molecule has 0 saturated carbocycles. The average molecular weight is 290 g/mol. The molecule has 3 rings (SSSR count). The van der Waals surface area contributed by atoms with Gasteiger partial charge in [-0.15, -0.1) is 0 Å². The molecule has 21 heavy (non-hydrogen) atoms. The summed E-state index contributed by atoms with van der Waals surface area (Å²) in [5, 5.41) is 7.88. The number of nitrogens with zero attached hydrogens (tertiary/aromatic N) is 3. The van der Waals surface area contributed by atoms with Crippen molar-refractivity contribution in [3.8, 4) is 0 Å². The van der Waals surface area contributed by atoms with Crippen LogP contribution in [0.1, 0.15) is 55.1 Å². The van der Waals surface area contributed by atoms with E-state index in [9.17, 15) is 4.79 Å². The largest absolute Gasteiger partial charge is 0.335 e. The number of rotatable bonds is 4. The number of nitrogens with one attached hydrogen (secondary N) is 1. The molecule has 2 unspecified atom stereocenters. The van der Waals surface area contributed by atoms with Gasteiger partial charge in [0, 0.05) is 37.4 Å². The van der Waals surface area contributed by atoms with Crippen LogP contribution in [0.4, 0.5) is 0 Å². The molecule has 116 valence electrons. The minimum atomic E-state index is 0.161. The van der Waals surface area contributed by atoms with E-state index in [2.05, 4.69) is 22.2 Å². The highest BCUT2D eigenvalue weighted by Gasteiger charge is 2.37. The molecule has 0 aliphatic carbocycles. The lowest BCUT2D eigenvalue weighted by atomic mass is 9.97. The summed E-state index contributed by atoms with van der Waals surface area (Å²) in [4.78, 5) is 15.1. The number of carbonyl (C=O) groups excluding carboxylic acids is 1. The first-order valence-corrected chi connectivity index (χ1v) is 8.15. The molecule has 1 aromatic heterocycles. The summed E-state index contributed by atoms with van der Waals surface area (Å²) >= 11 is 0. The van der Waals surface area contributed by atoms with Crippen LogP contribution in [-0.2, 0) is 7.05 Å². The summed E-state index contributed by atoms with van der Waals surface area (Å²) in [6, 6.07) is 1.60. The van der Waals surface area contributed by atoms with Crippen molar-refractivity contribution in [1.29, 1.82) is 0 Å². The number of amides is 1. The maximum Gasteiger partial charge on any atom is 0.257 e. The first kappa shape index (κ1) is 14.6. The van der Waals surface area contributed by atoms with Crippen molar-refractivity contribution < 1.29 is 4.79 Å². The van der Waals surface area contributed by atoms with Crippen LogP contribution in [-0.4, -0.2) is 45.3 Å². The van der Waals surface area contributed by atoms with Crippen LogP contribution in [0.25, 0.3) is 0 Å². The van der Waals surface area contributed by atoms with E-state index < -0.39 is 0 Å². The zero-order valence-corrected chi connectivity index (χ0v) is 13.3. The molecule has 2 fully saturated rings. The van der Waals surface area contributed by atoms with Crippen LogP contribution in [0.3, 0.4) is 0 Å². The lowest BCUT2D eigenvalue weighted by molar-refractivity contribution is 0.0616. The Labute approximate surface area is 126 Å². The number of aryl methyl sites for hydroxylation is 1. The molecule has 5 nitrogen and oxygen atoms in total. The van der Waals surface area contributed by atoms with Gasteiger partial charge in [0.2, 0.25) is 0 Å². The fraction of sp³-hybridized carbons (Fsp3) is 0.750. The van der Waals surface area contributed by atoms with Gasteiger partial charge in [0.1, 0.15) is 0 Å². The van der Waals surface area contributed by atoms with Crippen LogP contribution in [0, 0.1) is 6.92 Å². The van der Waals surface area contributed by atoms with Crippen molar-refractivity contribution in [2.75, 3.05) is 6.54 Å². The van der Waals surface area contributed by atoms with Crippen LogP contribution >= 0.6 is 0 Å². The minimum absolute atomic E-state index is 0.161. The Morgan fingerprint density at radius 1 is 1.43 bits per heavy atom. The van der Waals surface area contributed by atoms with E-state index in [0.29, 0.717) is 18.1 Å². The van der Waals surface area contributed by atoms with Gasteiger partial charge in [-0.25, -0.2) is 0 Å². The molecule has 5 heteroatoms. The van der Waals surface area contributed by atoms with E-state index in [1.807, 2.05) is 14.0 Å². The van der Waals surface area contributed by atoms with Gasteiger partial charge in [0.25, 0.3) is 5.91 Å². The number of fused-ring (bicyclic) bond motifs is 2. The zero-order valence-electron chi connectivity index (χ0n) is 13.3. The van der Waals surface area contributed by atoms with Gasteiger partial charge in [-0.05, 0) is 39.0 Å². The second-order valence-electron chi connectivity index (χ2n) is 6.53. The van der Waals surface area contributed by atoms with Gasteiger partial charge in [-0.3, -0.25) is 9.48 Å². The van der Waals surface area contributed by atoms with E-state index in [1.165, 1.54) is 12.8 Å². The molecule has 2 saturated heterocycles. The molecule has 3 heterocycles. The molecule has 0 spiro atoms. The van der Waals surface area contributed by atoms with Crippen molar-refractivity contribution in [3.05, 3.63) is 17.5 Å². The Bertz CT molecular complexity index is 512. The Hall–Kier alpha value is -1.36. The van der Waals surface area contributed by atoms with Gasteiger partial charge >= 0.3 is 0 Å². The SMILES string of the molecule is CCCN(C(=O)c1cnn(C)c1C)C1CC2CCC(C1)N2. The fourth-order valence-corrected chi connectivity index (χ4v) is 3.84. The Morgan fingerprint density at radius 2 is 2.10 bits per heavy atom. The number of piperidine rings is 1. The second kappa shape index (κ2) is 5.79. The van der Waals surface area contributed by atoms with Gasteiger partial charge in [0.15, 0.2) is 0 Å². The molecule has 0 aromatic carbocycles. The van der Waals surface area contributed by atoms with E-state index in [-0.39, 0.29) is 5.91 Å². The third-order valence-electron chi connectivity index (χ3n) is 5.08. The van der Waals surface area contributed by atoms with E-state index in [1.54, 1.807) is 10.9 Å². The minimum Gasteiger partial charge on any atom is -0.335 e. The van der Waals surface area contributed by atoms with Crippen molar-refractivity contribution in [1.82, 2.24) is 20.0 Å². The van der Waals surface area contributed by atoms with Gasteiger partial charge in [0.05, 0.1) is 11.8 Å². The number of carbonyl (C=O) groups is 1. The summed E-state index contributed by atoms with van der Waals surface area (Å²) in [6.07, 6.45) is 7.45. The molecule has 2 aliphatic heterocycles. The number of hydrogen-bond donors (Lipinski definition) is 1. The summed E-state index contributed by atoms with van der Waals surface area (Å²) in [6.45, 7) is 4.96. The predicted octanol–water partition coefficient (Wildman–Crippen LogP) is 1.86. The zero-order chi connectivity index (χ0) is 15.0. The van der Waals surface area contributed by atoms with Crippen molar-refractivity contribution in [2.45, 2.75) is 64.1 Å². The maximum absolute atomic E-state index is 13.0. The lowest BCUT2D eigenvalue weighted by Crippen LogP contribution is -2.50. The molecule has 2 aliphatic rings. The topological polar surface area (TPSA) is 50.2 Å². The summed E-state index contributed by atoms with van der Waals surface area (Å²) in [7, 11) is 1.89. The third-order valence-corrected chi connectivity index (χ3v) is 5.08. The smallest absolute Gasteiger partial charge is 0.257 e. The van der Waals surface area contributed by atoms with Crippen molar-refractivity contribution in [3.63, 3.8) is 0 Å². The molecular weight excluding hydrogens is 264 g/mol. The normalized spacial score (nSPS) is 27.9. The summed E-state index contributed by atoms with van der Waals surface area (Å²) < 4.78 is 1.78. The quantitative estimate of drug-likeness (QED) is 0.921. The monoisotopic (exact) mass is 290 g/mol. The molecule has 0 radical (unpaired) electrons. The molecule has 1 aromatic rings. The standard InChI is InChI=1S/C16H26N4O/c1-4-7-20(14-8-12-5-6-13(9-14)18-12)16(21)15-10-17-19(3)11(15)2/h10,12-14,18H,4-9H2,1-3H3. The molecule has 1 N–H and O–H groups in total. The summed E-state index contributed by atoms with van der Waals surface area (Å²) in [5.41, 5.74) is 1.72. The van der Waals surface area contributed by atoms with Crippen LogP contribution in [0.5, 0.6) is 0 Å². The molecule has 1 amide bonds. The highest BCUT2D eigenvalue weighted by Crippen LogP contribution is 2.30.